The van der Waals surface area contributed by atoms with E-state index in [9.17, 15) is 9.59 Å². The van der Waals surface area contributed by atoms with Gasteiger partial charge in [0.05, 0.1) is 18.0 Å². The van der Waals surface area contributed by atoms with Crippen molar-refractivity contribution in [2.24, 2.45) is 0 Å². The van der Waals surface area contributed by atoms with Gasteiger partial charge in [0, 0.05) is 30.0 Å². The Labute approximate surface area is 167 Å². The highest BCUT2D eigenvalue weighted by atomic mass is 32.2. The molecule has 2 aromatic heterocycles. The number of anilines is 1. The number of esters is 1. The van der Waals surface area contributed by atoms with Crippen molar-refractivity contribution in [3.8, 4) is 5.69 Å². The van der Waals surface area contributed by atoms with Crippen LogP contribution < -0.4 is 5.32 Å². The fourth-order valence-electron chi connectivity index (χ4n) is 2.42. The van der Waals surface area contributed by atoms with Crippen LogP contribution in [0.5, 0.6) is 0 Å². The monoisotopic (exact) mass is 396 g/mol. The number of nitrogens with one attached hydrogen (secondary N) is 1. The third-order valence-electron chi connectivity index (χ3n) is 3.71. The lowest BCUT2D eigenvalue weighted by atomic mass is 10.3. The highest BCUT2D eigenvalue weighted by Crippen LogP contribution is 2.15. The summed E-state index contributed by atoms with van der Waals surface area (Å²) in [5.74, 6) is 0.584. The van der Waals surface area contributed by atoms with Gasteiger partial charge in [0.25, 0.3) is 0 Å². The van der Waals surface area contributed by atoms with E-state index in [0.717, 1.165) is 17.0 Å². The first-order chi connectivity index (χ1) is 13.7. The zero-order valence-electron chi connectivity index (χ0n) is 15.4. The lowest BCUT2D eigenvalue weighted by Crippen LogP contribution is -2.14. The number of amides is 1. The topological polar surface area (TPSA) is 86.1 Å². The zero-order valence-corrected chi connectivity index (χ0v) is 16.2. The summed E-state index contributed by atoms with van der Waals surface area (Å²) in [5, 5.41) is 7.07. The molecule has 1 N–H and O–H groups in total. The second-order valence-corrected chi connectivity index (χ2v) is 6.80. The molecule has 2 heterocycles. The molecule has 3 aromatic rings. The first-order valence-electron chi connectivity index (χ1n) is 8.75. The maximum atomic E-state index is 12.1. The number of nitrogens with zero attached hydrogens (tertiary/aromatic N) is 3. The Hall–Kier alpha value is -3.13. The van der Waals surface area contributed by atoms with Gasteiger partial charge in [-0.1, -0.05) is 6.07 Å². The molecule has 1 aromatic carbocycles. The van der Waals surface area contributed by atoms with E-state index >= 15 is 0 Å². The van der Waals surface area contributed by atoms with Crippen LogP contribution in [0.15, 0.2) is 61.1 Å². The third kappa shape index (κ3) is 5.43. The van der Waals surface area contributed by atoms with E-state index in [1.807, 2.05) is 24.3 Å². The summed E-state index contributed by atoms with van der Waals surface area (Å²) in [6.07, 6.45) is 5.21. The normalized spacial score (nSPS) is 10.5. The predicted octanol–water partition coefficient (Wildman–Crippen LogP) is 3.32. The minimum absolute atomic E-state index is 0.0645. The van der Waals surface area contributed by atoms with Crippen molar-refractivity contribution >= 4 is 29.3 Å². The molecule has 0 atom stereocenters. The van der Waals surface area contributed by atoms with E-state index in [0.29, 0.717) is 18.0 Å². The number of ether oxygens (including phenoxy) is 1. The second kappa shape index (κ2) is 9.70. The van der Waals surface area contributed by atoms with Crippen LogP contribution in [0.3, 0.4) is 0 Å². The molecular formula is C20H20N4O3S. The number of carbonyl (C=O) groups is 2. The standard InChI is InChI=1S/C20H20N4O3S/c1-2-27-20(26)18-9-11-24(23-18)17-7-5-16(6-8-17)22-19(25)14-28-13-15-4-3-10-21-12-15/h3-12H,2,13-14H2,1H3,(H,22,25). The molecular weight excluding hydrogens is 376 g/mol. The van der Waals surface area contributed by atoms with Crippen molar-refractivity contribution in [2.75, 3.05) is 17.7 Å². The van der Waals surface area contributed by atoms with E-state index in [1.54, 1.807) is 48.4 Å². The van der Waals surface area contributed by atoms with Gasteiger partial charge in [-0.2, -0.15) is 5.10 Å². The van der Waals surface area contributed by atoms with Crippen molar-refractivity contribution in [1.29, 1.82) is 0 Å². The van der Waals surface area contributed by atoms with Gasteiger partial charge in [0.2, 0.25) is 5.91 Å². The van der Waals surface area contributed by atoms with Crippen LogP contribution in [-0.4, -0.2) is 39.0 Å². The number of hydrogen-bond donors (Lipinski definition) is 1. The van der Waals surface area contributed by atoms with E-state index in [1.165, 1.54) is 11.8 Å². The highest BCUT2D eigenvalue weighted by molar-refractivity contribution is 7.99. The summed E-state index contributed by atoms with van der Waals surface area (Å²) in [4.78, 5) is 27.8. The molecule has 3 rings (SSSR count). The number of benzene rings is 1. The fourth-order valence-corrected chi connectivity index (χ4v) is 3.19. The maximum Gasteiger partial charge on any atom is 0.358 e. The Kier molecular flexibility index (Phi) is 6.80. The van der Waals surface area contributed by atoms with Crippen LogP contribution in [0.4, 0.5) is 5.69 Å². The summed E-state index contributed by atoms with van der Waals surface area (Å²) in [6, 6.07) is 12.7. The molecule has 8 heteroatoms. The SMILES string of the molecule is CCOC(=O)c1ccn(-c2ccc(NC(=O)CSCc3cccnc3)cc2)n1. The van der Waals surface area contributed by atoms with Gasteiger partial charge in [-0.25, -0.2) is 9.48 Å². The molecule has 0 aliphatic heterocycles. The smallest absolute Gasteiger partial charge is 0.358 e. The van der Waals surface area contributed by atoms with Gasteiger partial charge >= 0.3 is 5.97 Å². The summed E-state index contributed by atoms with van der Waals surface area (Å²) < 4.78 is 6.52. The first kappa shape index (κ1) is 19.6. The number of carbonyl (C=O) groups excluding carboxylic acids is 2. The van der Waals surface area contributed by atoms with Crippen LogP contribution in [0.1, 0.15) is 23.0 Å². The molecule has 0 unspecified atom stereocenters. The van der Waals surface area contributed by atoms with Crippen molar-refractivity contribution < 1.29 is 14.3 Å². The summed E-state index contributed by atoms with van der Waals surface area (Å²) in [6.45, 7) is 2.06. The van der Waals surface area contributed by atoms with Crippen molar-refractivity contribution in [3.05, 3.63) is 72.3 Å². The maximum absolute atomic E-state index is 12.1. The number of rotatable bonds is 8. The number of hydrogen-bond acceptors (Lipinski definition) is 6. The Morgan fingerprint density at radius 1 is 1.18 bits per heavy atom. The Bertz CT molecular complexity index is 926. The molecule has 7 nitrogen and oxygen atoms in total. The van der Waals surface area contributed by atoms with E-state index in [2.05, 4.69) is 15.4 Å². The lowest BCUT2D eigenvalue weighted by molar-refractivity contribution is -0.113. The summed E-state index contributed by atoms with van der Waals surface area (Å²) in [7, 11) is 0. The Balaban J connectivity index is 1.51. The Morgan fingerprint density at radius 3 is 2.71 bits per heavy atom. The minimum Gasteiger partial charge on any atom is -0.461 e. The van der Waals surface area contributed by atoms with Gasteiger partial charge in [0.15, 0.2) is 5.69 Å². The van der Waals surface area contributed by atoms with Crippen molar-refractivity contribution in [1.82, 2.24) is 14.8 Å². The molecule has 0 aliphatic carbocycles. The molecule has 0 fully saturated rings. The molecule has 0 saturated heterocycles. The van der Waals surface area contributed by atoms with E-state index in [4.69, 9.17) is 4.74 Å². The second-order valence-electron chi connectivity index (χ2n) is 5.82. The van der Waals surface area contributed by atoms with E-state index in [-0.39, 0.29) is 11.6 Å². The zero-order chi connectivity index (χ0) is 19.8. The van der Waals surface area contributed by atoms with Crippen molar-refractivity contribution in [2.45, 2.75) is 12.7 Å². The van der Waals surface area contributed by atoms with Crippen LogP contribution in [-0.2, 0) is 15.3 Å². The summed E-state index contributed by atoms with van der Waals surface area (Å²) >= 11 is 1.53. The number of pyridine rings is 1. The van der Waals surface area contributed by atoms with Crippen LogP contribution in [0.25, 0.3) is 5.69 Å². The molecule has 0 radical (unpaired) electrons. The molecule has 0 saturated carbocycles. The van der Waals surface area contributed by atoms with Crippen LogP contribution in [0, 0.1) is 0 Å². The molecule has 0 aliphatic rings. The molecule has 0 spiro atoms. The first-order valence-corrected chi connectivity index (χ1v) is 9.91. The van der Waals surface area contributed by atoms with Gasteiger partial charge < -0.3 is 10.1 Å². The average molecular weight is 396 g/mol. The lowest BCUT2D eigenvalue weighted by Gasteiger charge is -2.07. The molecule has 28 heavy (non-hydrogen) atoms. The summed E-state index contributed by atoms with van der Waals surface area (Å²) in [5.41, 5.74) is 2.82. The average Bonchev–Trinajstić information content (AvgIpc) is 3.20. The van der Waals surface area contributed by atoms with Crippen LogP contribution in [0.2, 0.25) is 0 Å². The molecule has 144 valence electrons. The molecule has 0 bridgehead atoms. The highest BCUT2D eigenvalue weighted by Gasteiger charge is 2.11. The Morgan fingerprint density at radius 2 is 2.00 bits per heavy atom. The van der Waals surface area contributed by atoms with Crippen LogP contribution >= 0.6 is 11.8 Å². The van der Waals surface area contributed by atoms with Crippen molar-refractivity contribution in [3.63, 3.8) is 0 Å². The van der Waals surface area contributed by atoms with Gasteiger partial charge in [-0.15, -0.1) is 11.8 Å². The van der Waals surface area contributed by atoms with Gasteiger partial charge in [0.1, 0.15) is 0 Å². The number of thioether (sulfide) groups is 1. The van der Waals surface area contributed by atoms with Gasteiger partial charge in [-0.05, 0) is 48.9 Å². The number of aromatic nitrogens is 3. The molecule has 1 amide bonds. The van der Waals surface area contributed by atoms with Gasteiger partial charge in [-0.3, -0.25) is 9.78 Å². The predicted molar refractivity (Wildman–Crippen MR) is 109 cm³/mol. The minimum atomic E-state index is -0.450. The quantitative estimate of drug-likeness (QED) is 0.588. The largest absolute Gasteiger partial charge is 0.461 e. The third-order valence-corrected chi connectivity index (χ3v) is 4.72. The van der Waals surface area contributed by atoms with E-state index < -0.39 is 5.97 Å². The fraction of sp³-hybridized carbons (Fsp3) is 0.200.